The second kappa shape index (κ2) is 5.16. The van der Waals surface area contributed by atoms with Crippen molar-refractivity contribution in [3.63, 3.8) is 0 Å². The fraction of sp³-hybridized carbons (Fsp3) is 0.615. The summed E-state index contributed by atoms with van der Waals surface area (Å²) in [5.74, 6) is 0.588. The summed E-state index contributed by atoms with van der Waals surface area (Å²) in [5.41, 5.74) is 0.0855. The Labute approximate surface area is 119 Å². The molecule has 2 unspecified atom stereocenters. The van der Waals surface area contributed by atoms with E-state index in [0.717, 1.165) is 29.8 Å². The van der Waals surface area contributed by atoms with E-state index >= 15 is 0 Å². The average molecular weight is 299 g/mol. The Kier molecular flexibility index (Phi) is 3.46. The Hall–Kier alpha value is -1.86. The summed E-state index contributed by atoms with van der Waals surface area (Å²) in [7, 11) is 0. The molecule has 1 aliphatic rings. The molecule has 21 heavy (non-hydrogen) atoms. The molecule has 0 amide bonds. The number of hydrogen-bond acceptors (Lipinski definition) is 4. The summed E-state index contributed by atoms with van der Waals surface area (Å²) in [6, 6.07) is 3.11. The fourth-order valence-electron chi connectivity index (χ4n) is 2.82. The lowest BCUT2D eigenvalue weighted by atomic mass is 10.1. The van der Waals surface area contributed by atoms with Crippen molar-refractivity contribution < 1.29 is 13.2 Å². The molecule has 2 heterocycles. The van der Waals surface area contributed by atoms with Gasteiger partial charge in [0.15, 0.2) is 5.65 Å². The van der Waals surface area contributed by atoms with E-state index in [4.69, 9.17) is 0 Å². The second-order valence-electron chi connectivity index (χ2n) is 5.68. The van der Waals surface area contributed by atoms with E-state index < -0.39 is 12.0 Å². The molecule has 3 rings (SSSR count). The number of nitrogens with one attached hydrogen (secondary N) is 1. The molecule has 8 heteroatoms. The quantitative estimate of drug-likeness (QED) is 0.946. The normalized spacial score (nSPS) is 22.9. The Bertz CT molecular complexity index is 636. The molecule has 2 aromatic rings. The van der Waals surface area contributed by atoms with E-state index in [1.807, 2.05) is 0 Å². The van der Waals surface area contributed by atoms with Gasteiger partial charge in [-0.3, -0.25) is 0 Å². The predicted octanol–water partition coefficient (Wildman–Crippen LogP) is 2.99. The molecule has 0 spiro atoms. The van der Waals surface area contributed by atoms with Crippen molar-refractivity contribution >= 4 is 11.5 Å². The average Bonchev–Trinajstić information content (AvgIpc) is 3.01. The zero-order chi connectivity index (χ0) is 15.0. The monoisotopic (exact) mass is 299 g/mol. The minimum absolute atomic E-state index is 0.0855. The Morgan fingerprint density at radius 1 is 1.29 bits per heavy atom. The Balaban J connectivity index is 1.77. The maximum absolute atomic E-state index is 12.8. The first-order chi connectivity index (χ1) is 9.93. The van der Waals surface area contributed by atoms with Crippen LogP contribution in [-0.4, -0.2) is 26.4 Å². The molecular weight excluding hydrogens is 283 g/mol. The molecule has 0 radical (unpaired) electrons. The molecule has 1 saturated carbocycles. The summed E-state index contributed by atoms with van der Waals surface area (Å²) < 4.78 is 39.1. The van der Waals surface area contributed by atoms with E-state index in [1.54, 1.807) is 6.07 Å². The van der Waals surface area contributed by atoms with Crippen molar-refractivity contribution in [1.29, 1.82) is 0 Å². The van der Waals surface area contributed by atoms with Crippen LogP contribution in [0.3, 0.4) is 0 Å². The van der Waals surface area contributed by atoms with Crippen LogP contribution in [0.15, 0.2) is 12.1 Å². The SMILES string of the molecule is CC1CCC(CNc2ccc3nnc(C(F)(F)F)n3n2)C1. The van der Waals surface area contributed by atoms with Gasteiger partial charge in [0.25, 0.3) is 5.82 Å². The first-order valence-corrected chi connectivity index (χ1v) is 6.97. The van der Waals surface area contributed by atoms with Crippen LogP contribution in [0.2, 0.25) is 0 Å². The highest BCUT2D eigenvalue weighted by atomic mass is 19.4. The molecule has 114 valence electrons. The highest BCUT2D eigenvalue weighted by Crippen LogP contribution is 2.30. The zero-order valence-corrected chi connectivity index (χ0v) is 11.6. The lowest BCUT2D eigenvalue weighted by molar-refractivity contribution is -0.146. The predicted molar refractivity (Wildman–Crippen MR) is 70.8 cm³/mol. The van der Waals surface area contributed by atoms with Gasteiger partial charge in [0.1, 0.15) is 5.82 Å². The van der Waals surface area contributed by atoms with Crippen molar-refractivity contribution in [2.24, 2.45) is 11.8 Å². The molecule has 5 nitrogen and oxygen atoms in total. The summed E-state index contributed by atoms with van der Waals surface area (Å²) in [6.45, 7) is 2.95. The fourth-order valence-corrected chi connectivity index (χ4v) is 2.82. The number of rotatable bonds is 3. The number of aromatic nitrogens is 4. The van der Waals surface area contributed by atoms with E-state index in [1.165, 1.54) is 12.5 Å². The number of fused-ring (bicyclic) bond motifs is 1. The van der Waals surface area contributed by atoms with E-state index in [9.17, 15) is 13.2 Å². The van der Waals surface area contributed by atoms with E-state index in [0.29, 0.717) is 11.7 Å². The van der Waals surface area contributed by atoms with Gasteiger partial charge in [0.05, 0.1) is 0 Å². The van der Waals surface area contributed by atoms with Crippen LogP contribution in [0.25, 0.3) is 5.65 Å². The Morgan fingerprint density at radius 3 is 2.76 bits per heavy atom. The lowest BCUT2D eigenvalue weighted by Gasteiger charge is -2.12. The van der Waals surface area contributed by atoms with Crippen molar-refractivity contribution in [1.82, 2.24) is 19.8 Å². The van der Waals surface area contributed by atoms with Crippen molar-refractivity contribution in [2.75, 3.05) is 11.9 Å². The molecule has 1 fully saturated rings. The van der Waals surface area contributed by atoms with Gasteiger partial charge in [-0.05, 0) is 36.8 Å². The van der Waals surface area contributed by atoms with E-state index in [2.05, 4.69) is 27.5 Å². The molecule has 0 aromatic carbocycles. The minimum atomic E-state index is -4.56. The molecule has 2 aromatic heterocycles. The molecule has 0 saturated heterocycles. The largest absolute Gasteiger partial charge is 0.453 e. The molecule has 1 N–H and O–H groups in total. The van der Waals surface area contributed by atoms with Crippen LogP contribution in [0.1, 0.15) is 32.0 Å². The van der Waals surface area contributed by atoms with E-state index in [-0.39, 0.29) is 5.65 Å². The highest BCUT2D eigenvalue weighted by molar-refractivity contribution is 5.44. The first kappa shape index (κ1) is 14.1. The topological polar surface area (TPSA) is 55.1 Å². The maximum Gasteiger partial charge on any atom is 0.453 e. The lowest BCUT2D eigenvalue weighted by Crippen LogP contribution is -2.16. The molecule has 2 atom stereocenters. The van der Waals surface area contributed by atoms with Crippen molar-refractivity contribution in [3.8, 4) is 0 Å². The summed E-state index contributed by atoms with van der Waals surface area (Å²) in [6.07, 6.45) is -1.05. The van der Waals surface area contributed by atoms with Gasteiger partial charge in [-0.1, -0.05) is 13.3 Å². The number of halogens is 3. The Morgan fingerprint density at radius 2 is 2.10 bits per heavy atom. The number of anilines is 1. The third-order valence-electron chi connectivity index (χ3n) is 3.89. The van der Waals surface area contributed by atoms with Gasteiger partial charge in [0.2, 0.25) is 0 Å². The standard InChI is InChI=1S/C13H16F3N5/c1-8-2-3-9(6-8)7-17-10-4-5-11-18-19-12(13(14,15)16)21(11)20-10/h4-5,8-9H,2-3,6-7H2,1H3,(H,17,20). The van der Waals surface area contributed by atoms with Crippen LogP contribution in [-0.2, 0) is 6.18 Å². The van der Waals surface area contributed by atoms with Crippen LogP contribution < -0.4 is 5.32 Å². The first-order valence-electron chi connectivity index (χ1n) is 6.97. The van der Waals surface area contributed by atoms with Gasteiger partial charge < -0.3 is 5.32 Å². The van der Waals surface area contributed by atoms with Gasteiger partial charge in [0, 0.05) is 6.54 Å². The number of nitrogens with zero attached hydrogens (tertiary/aromatic N) is 4. The van der Waals surface area contributed by atoms with Crippen LogP contribution in [0, 0.1) is 11.8 Å². The van der Waals surface area contributed by atoms with Crippen LogP contribution in [0.4, 0.5) is 19.0 Å². The zero-order valence-electron chi connectivity index (χ0n) is 11.6. The molecule has 0 bridgehead atoms. The van der Waals surface area contributed by atoms with Gasteiger partial charge in [-0.25, -0.2) is 0 Å². The third kappa shape index (κ3) is 2.93. The summed E-state index contributed by atoms with van der Waals surface area (Å²) in [5, 5.41) is 13.7. The van der Waals surface area contributed by atoms with Gasteiger partial charge >= 0.3 is 6.18 Å². The van der Waals surface area contributed by atoms with Gasteiger partial charge in [-0.2, -0.15) is 17.7 Å². The maximum atomic E-state index is 12.8. The summed E-state index contributed by atoms with van der Waals surface area (Å²) in [4.78, 5) is 0. The minimum Gasteiger partial charge on any atom is -0.368 e. The number of alkyl halides is 3. The molecule has 1 aliphatic carbocycles. The molecular formula is C13H16F3N5. The second-order valence-corrected chi connectivity index (χ2v) is 5.68. The third-order valence-corrected chi connectivity index (χ3v) is 3.89. The highest BCUT2D eigenvalue weighted by Gasteiger charge is 2.37. The molecule has 0 aliphatic heterocycles. The van der Waals surface area contributed by atoms with Gasteiger partial charge in [-0.15, -0.1) is 15.3 Å². The van der Waals surface area contributed by atoms with Crippen LogP contribution >= 0.6 is 0 Å². The van der Waals surface area contributed by atoms with Crippen molar-refractivity contribution in [3.05, 3.63) is 18.0 Å². The smallest absolute Gasteiger partial charge is 0.368 e. The number of hydrogen-bond donors (Lipinski definition) is 1. The van der Waals surface area contributed by atoms with Crippen LogP contribution in [0.5, 0.6) is 0 Å². The van der Waals surface area contributed by atoms with Crippen molar-refractivity contribution in [2.45, 2.75) is 32.4 Å². The summed E-state index contributed by atoms with van der Waals surface area (Å²) >= 11 is 0.